The van der Waals surface area contributed by atoms with Gasteiger partial charge in [0.25, 0.3) is 0 Å². The van der Waals surface area contributed by atoms with Gasteiger partial charge in [-0.3, -0.25) is 4.79 Å². The first-order chi connectivity index (χ1) is 6.31. The van der Waals surface area contributed by atoms with Gasteiger partial charge >= 0.3 is 5.97 Å². The van der Waals surface area contributed by atoms with E-state index in [0.717, 1.165) is 19.3 Å². The summed E-state index contributed by atoms with van der Waals surface area (Å²) in [6.07, 6.45) is 11.7. The number of hydrogen-bond donors (Lipinski definition) is 0. The van der Waals surface area contributed by atoms with Crippen LogP contribution in [-0.2, 0) is 9.53 Å². The first-order valence-corrected chi connectivity index (χ1v) is 4.64. The van der Waals surface area contributed by atoms with Gasteiger partial charge in [-0.1, -0.05) is 24.3 Å². The Bertz CT molecular complexity index is 181. The van der Waals surface area contributed by atoms with Crippen LogP contribution in [0.1, 0.15) is 32.6 Å². The predicted octanol–water partition coefficient (Wildman–Crippen LogP) is 2.85. The third-order valence-corrected chi connectivity index (χ3v) is 1.65. The van der Waals surface area contributed by atoms with Crippen molar-refractivity contribution in [2.75, 3.05) is 7.11 Å². The molecule has 0 saturated heterocycles. The van der Waals surface area contributed by atoms with Gasteiger partial charge in [-0.25, -0.2) is 0 Å². The van der Waals surface area contributed by atoms with E-state index in [4.69, 9.17) is 0 Å². The number of rotatable bonds is 6. The molecule has 0 aliphatic carbocycles. The topological polar surface area (TPSA) is 26.3 Å². The van der Waals surface area contributed by atoms with Gasteiger partial charge in [0, 0.05) is 6.42 Å². The zero-order valence-electron chi connectivity index (χ0n) is 8.45. The number of allylic oxidation sites excluding steroid dienone is 4. The Hall–Kier alpha value is -1.05. The molecule has 0 atom stereocenters. The Morgan fingerprint density at radius 1 is 1.15 bits per heavy atom. The lowest BCUT2D eigenvalue weighted by Gasteiger charge is -1.93. The second-order valence-corrected chi connectivity index (χ2v) is 2.73. The molecule has 13 heavy (non-hydrogen) atoms. The van der Waals surface area contributed by atoms with E-state index in [-0.39, 0.29) is 5.97 Å². The Morgan fingerprint density at radius 2 is 1.77 bits per heavy atom. The fourth-order valence-corrected chi connectivity index (χ4v) is 0.898. The van der Waals surface area contributed by atoms with E-state index < -0.39 is 0 Å². The summed E-state index contributed by atoms with van der Waals surface area (Å²) in [7, 11) is 1.41. The van der Waals surface area contributed by atoms with Crippen molar-refractivity contribution in [3.8, 4) is 0 Å². The first kappa shape index (κ1) is 11.9. The third kappa shape index (κ3) is 8.86. The van der Waals surface area contributed by atoms with Gasteiger partial charge in [0.05, 0.1) is 7.11 Å². The van der Waals surface area contributed by atoms with Crippen LogP contribution in [0, 0.1) is 0 Å². The minimum atomic E-state index is -0.141. The molecule has 0 N–H and O–H groups in total. The number of hydrogen-bond acceptors (Lipinski definition) is 2. The molecular weight excluding hydrogens is 164 g/mol. The Morgan fingerprint density at radius 3 is 2.38 bits per heavy atom. The summed E-state index contributed by atoms with van der Waals surface area (Å²) in [5.74, 6) is -0.141. The maximum absolute atomic E-state index is 10.7. The zero-order valence-corrected chi connectivity index (χ0v) is 8.45. The monoisotopic (exact) mass is 182 g/mol. The molecule has 0 heterocycles. The molecule has 2 nitrogen and oxygen atoms in total. The first-order valence-electron chi connectivity index (χ1n) is 4.64. The maximum Gasteiger partial charge on any atom is 0.305 e. The lowest BCUT2D eigenvalue weighted by molar-refractivity contribution is -0.140. The fourth-order valence-electron chi connectivity index (χ4n) is 0.898. The highest BCUT2D eigenvalue weighted by Crippen LogP contribution is 1.97. The molecule has 0 aromatic rings. The highest BCUT2D eigenvalue weighted by atomic mass is 16.5. The van der Waals surface area contributed by atoms with Crippen molar-refractivity contribution in [3.63, 3.8) is 0 Å². The fraction of sp³-hybridized carbons (Fsp3) is 0.545. The number of methoxy groups -OCH3 is 1. The lowest BCUT2D eigenvalue weighted by Crippen LogP contribution is -1.97. The normalized spacial score (nSPS) is 11.2. The second kappa shape index (κ2) is 9.04. The largest absolute Gasteiger partial charge is 0.469 e. The van der Waals surface area contributed by atoms with E-state index in [0.29, 0.717) is 6.42 Å². The lowest BCUT2D eigenvalue weighted by atomic mass is 10.2. The van der Waals surface area contributed by atoms with Crippen LogP contribution >= 0.6 is 0 Å². The SMILES string of the molecule is C/C=C\CC/C=C\CCC(=O)OC. The molecule has 0 radical (unpaired) electrons. The summed E-state index contributed by atoms with van der Waals surface area (Å²) in [6, 6.07) is 0. The van der Waals surface area contributed by atoms with Crippen molar-refractivity contribution in [3.05, 3.63) is 24.3 Å². The van der Waals surface area contributed by atoms with Crippen LogP contribution < -0.4 is 0 Å². The smallest absolute Gasteiger partial charge is 0.305 e. The van der Waals surface area contributed by atoms with Gasteiger partial charge in [0.2, 0.25) is 0 Å². The minimum Gasteiger partial charge on any atom is -0.469 e. The van der Waals surface area contributed by atoms with Crippen LogP contribution in [0.25, 0.3) is 0 Å². The van der Waals surface area contributed by atoms with Crippen molar-refractivity contribution in [2.45, 2.75) is 32.6 Å². The van der Waals surface area contributed by atoms with E-state index >= 15 is 0 Å². The van der Waals surface area contributed by atoms with Gasteiger partial charge < -0.3 is 4.74 Å². The number of carbonyl (C=O) groups is 1. The average molecular weight is 182 g/mol. The van der Waals surface area contributed by atoms with E-state index in [2.05, 4.69) is 16.9 Å². The number of esters is 1. The number of unbranched alkanes of at least 4 members (excludes halogenated alkanes) is 1. The highest BCUT2D eigenvalue weighted by molar-refractivity contribution is 5.69. The quantitative estimate of drug-likeness (QED) is 0.358. The van der Waals surface area contributed by atoms with E-state index in [1.54, 1.807) is 0 Å². The molecule has 0 fully saturated rings. The van der Waals surface area contributed by atoms with E-state index in [9.17, 15) is 4.79 Å². The maximum atomic E-state index is 10.7. The molecule has 0 unspecified atom stereocenters. The highest BCUT2D eigenvalue weighted by Gasteiger charge is 1.94. The van der Waals surface area contributed by atoms with Crippen LogP contribution in [0.2, 0.25) is 0 Å². The van der Waals surface area contributed by atoms with Crippen LogP contribution in [-0.4, -0.2) is 13.1 Å². The van der Waals surface area contributed by atoms with E-state index in [1.165, 1.54) is 7.11 Å². The zero-order chi connectivity index (χ0) is 9.94. The molecule has 0 aliphatic rings. The number of carbonyl (C=O) groups excluding carboxylic acids is 1. The summed E-state index contributed by atoms with van der Waals surface area (Å²) in [6.45, 7) is 2.01. The average Bonchev–Trinajstić information content (AvgIpc) is 2.16. The molecule has 74 valence electrons. The van der Waals surface area contributed by atoms with Gasteiger partial charge in [-0.15, -0.1) is 0 Å². The molecule has 0 aromatic heterocycles. The molecular formula is C11H18O2. The van der Waals surface area contributed by atoms with Crippen molar-refractivity contribution in [2.24, 2.45) is 0 Å². The molecule has 0 amide bonds. The molecule has 0 spiro atoms. The Kier molecular flexibility index (Phi) is 8.31. The number of ether oxygens (including phenoxy) is 1. The standard InChI is InChI=1S/C11H18O2/c1-3-4-5-6-7-8-9-10-11(12)13-2/h3-4,7-8H,5-6,9-10H2,1-2H3/b4-3-,8-7-. The van der Waals surface area contributed by atoms with E-state index in [1.807, 2.05) is 19.1 Å². The summed E-state index contributed by atoms with van der Waals surface area (Å²) in [5.41, 5.74) is 0. The van der Waals surface area contributed by atoms with Crippen molar-refractivity contribution in [1.82, 2.24) is 0 Å². The molecule has 0 aliphatic heterocycles. The summed E-state index contributed by atoms with van der Waals surface area (Å²) < 4.78 is 4.51. The third-order valence-electron chi connectivity index (χ3n) is 1.65. The predicted molar refractivity (Wildman–Crippen MR) is 54.4 cm³/mol. The molecule has 0 aromatic carbocycles. The Labute approximate surface area is 80.3 Å². The molecule has 0 bridgehead atoms. The van der Waals surface area contributed by atoms with Gasteiger partial charge in [0.15, 0.2) is 0 Å². The van der Waals surface area contributed by atoms with Gasteiger partial charge in [-0.05, 0) is 26.2 Å². The van der Waals surface area contributed by atoms with Crippen molar-refractivity contribution < 1.29 is 9.53 Å². The Balaban J connectivity index is 3.26. The summed E-state index contributed by atoms with van der Waals surface area (Å²) in [4.78, 5) is 10.7. The van der Waals surface area contributed by atoms with Crippen LogP contribution in [0.3, 0.4) is 0 Å². The molecule has 0 saturated carbocycles. The van der Waals surface area contributed by atoms with Crippen molar-refractivity contribution in [1.29, 1.82) is 0 Å². The van der Waals surface area contributed by atoms with Gasteiger partial charge in [-0.2, -0.15) is 0 Å². The summed E-state index contributed by atoms with van der Waals surface area (Å²) >= 11 is 0. The van der Waals surface area contributed by atoms with Crippen LogP contribution in [0.4, 0.5) is 0 Å². The van der Waals surface area contributed by atoms with Gasteiger partial charge in [0.1, 0.15) is 0 Å². The molecule has 0 rings (SSSR count). The van der Waals surface area contributed by atoms with Crippen molar-refractivity contribution >= 4 is 5.97 Å². The summed E-state index contributed by atoms with van der Waals surface area (Å²) in [5, 5.41) is 0. The van der Waals surface area contributed by atoms with Crippen LogP contribution in [0.15, 0.2) is 24.3 Å². The minimum absolute atomic E-state index is 0.141. The second-order valence-electron chi connectivity index (χ2n) is 2.73. The van der Waals surface area contributed by atoms with Crippen LogP contribution in [0.5, 0.6) is 0 Å². The molecule has 2 heteroatoms.